The van der Waals surface area contributed by atoms with Crippen molar-refractivity contribution in [3.63, 3.8) is 0 Å². The molecule has 2 N–H and O–H groups in total. The Morgan fingerprint density at radius 2 is 1.77 bits per heavy atom. The van der Waals surface area contributed by atoms with Crippen molar-refractivity contribution in [3.8, 4) is 0 Å². The Morgan fingerprint density at radius 1 is 1.03 bits per heavy atom. The molecular weight excluding hydrogens is 416 g/mol. The molecule has 3 aromatic rings. The summed E-state index contributed by atoms with van der Waals surface area (Å²) in [5, 5.41) is 5.74. The molecule has 0 fully saturated rings. The monoisotopic (exact) mass is 438 g/mol. The fraction of sp³-hybridized carbons (Fsp3) is 0.227. The molecule has 2 amide bonds. The molecule has 8 nitrogen and oxygen atoms in total. The molecule has 9 heteroatoms. The fourth-order valence-electron chi connectivity index (χ4n) is 2.81. The summed E-state index contributed by atoms with van der Waals surface area (Å²) >= 11 is 1.00. The highest BCUT2D eigenvalue weighted by atomic mass is 32.1. The van der Waals surface area contributed by atoms with Crippen LogP contribution < -0.4 is 10.6 Å². The minimum absolute atomic E-state index is 0.0858. The molecule has 1 aromatic carbocycles. The fourth-order valence-corrected chi connectivity index (χ4v) is 3.90. The van der Waals surface area contributed by atoms with Crippen LogP contribution in [0.15, 0.2) is 42.9 Å². The number of carbonyl (C=O) groups is 3. The van der Waals surface area contributed by atoms with Gasteiger partial charge in [0.2, 0.25) is 0 Å². The van der Waals surface area contributed by atoms with Crippen LogP contribution in [-0.2, 0) is 4.74 Å². The summed E-state index contributed by atoms with van der Waals surface area (Å²) in [5.41, 5.74) is 2.22. The van der Waals surface area contributed by atoms with Crippen molar-refractivity contribution in [2.24, 2.45) is 0 Å². The Morgan fingerprint density at radius 3 is 2.42 bits per heavy atom. The van der Waals surface area contributed by atoms with Crippen molar-refractivity contribution >= 4 is 39.8 Å². The number of rotatable bonds is 6. The number of benzene rings is 1. The summed E-state index contributed by atoms with van der Waals surface area (Å²) in [4.78, 5) is 46.4. The number of hydrogen-bond acceptors (Lipinski definition) is 7. The van der Waals surface area contributed by atoms with Gasteiger partial charge in [0.1, 0.15) is 10.7 Å². The molecule has 2 heterocycles. The van der Waals surface area contributed by atoms with Crippen LogP contribution >= 0.6 is 11.3 Å². The summed E-state index contributed by atoms with van der Waals surface area (Å²) in [6.07, 6.45) is 3.79. The Labute approximate surface area is 183 Å². The van der Waals surface area contributed by atoms with E-state index in [-0.39, 0.29) is 28.3 Å². The van der Waals surface area contributed by atoms with Crippen LogP contribution in [-0.4, -0.2) is 33.9 Å². The standard InChI is InChI=1S/C22H22N4O4S/c1-12(2)30-22(29)17-14(4)18(20(28)25-15-8-6-5-7-13(15)3)31-21(17)26-19(27)16-11-23-9-10-24-16/h5-12H,1-4H3,(H,25,28)(H,26,27). The molecule has 0 atom stereocenters. The Bertz CT molecular complexity index is 1130. The summed E-state index contributed by atoms with van der Waals surface area (Å²) in [5.74, 6) is -1.54. The van der Waals surface area contributed by atoms with Crippen LogP contribution in [0.3, 0.4) is 0 Å². The van der Waals surface area contributed by atoms with E-state index < -0.39 is 11.9 Å². The van der Waals surface area contributed by atoms with Gasteiger partial charge in [0.15, 0.2) is 0 Å². The van der Waals surface area contributed by atoms with Gasteiger partial charge in [-0.05, 0) is 44.9 Å². The van der Waals surface area contributed by atoms with Crippen LogP contribution in [0.2, 0.25) is 0 Å². The first-order valence-corrected chi connectivity index (χ1v) is 10.4. The molecule has 0 saturated heterocycles. The summed E-state index contributed by atoms with van der Waals surface area (Å²) in [6, 6.07) is 7.37. The van der Waals surface area contributed by atoms with E-state index in [1.54, 1.807) is 26.8 Å². The van der Waals surface area contributed by atoms with E-state index >= 15 is 0 Å². The first kappa shape index (κ1) is 22.1. The molecule has 0 aliphatic heterocycles. The number of aryl methyl sites for hydroxylation is 1. The number of ether oxygens (including phenoxy) is 1. The van der Waals surface area contributed by atoms with Gasteiger partial charge in [0.25, 0.3) is 11.8 Å². The molecule has 0 saturated carbocycles. The number of thiophene rings is 1. The largest absolute Gasteiger partial charge is 0.459 e. The number of nitrogens with zero attached hydrogens (tertiary/aromatic N) is 2. The molecule has 0 aliphatic rings. The first-order chi connectivity index (χ1) is 14.8. The quantitative estimate of drug-likeness (QED) is 0.558. The van der Waals surface area contributed by atoms with E-state index in [9.17, 15) is 14.4 Å². The van der Waals surface area contributed by atoms with Gasteiger partial charge in [-0.3, -0.25) is 14.6 Å². The number of carbonyl (C=O) groups excluding carboxylic acids is 3. The second-order valence-electron chi connectivity index (χ2n) is 7.03. The molecule has 0 radical (unpaired) electrons. The molecule has 2 aromatic heterocycles. The average molecular weight is 439 g/mol. The number of para-hydroxylation sites is 1. The molecule has 0 unspecified atom stereocenters. The van der Waals surface area contributed by atoms with Crippen LogP contribution in [0.25, 0.3) is 0 Å². The number of hydrogen-bond donors (Lipinski definition) is 2. The molecular formula is C22H22N4O4S. The second kappa shape index (κ2) is 9.48. The maximum absolute atomic E-state index is 13.0. The summed E-state index contributed by atoms with van der Waals surface area (Å²) in [6.45, 7) is 6.99. The zero-order valence-electron chi connectivity index (χ0n) is 17.6. The molecule has 3 rings (SSSR count). The van der Waals surface area contributed by atoms with E-state index in [0.29, 0.717) is 16.1 Å². The van der Waals surface area contributed by atoms with Crippen LogP contribution in [0.4, 0.5) is 10.7 Å². The third-order valence-corrected chi connectivity index (χ3v) is 5.52. The van der Waals surface area contributed by atoms with Crippen molar-refractivity contribution in [3.05, 3.63) is 70.1 Å². The van der Waals surface area contributed by atoms with Gasteiger partial charge in [0.05, 0.1) is 22.7 Å². The number of anilines is 2. The maximum atomic E-state index is 13.0. The van der Waals surface area contributed by atoms with Crippen molar-refractivity contribution in [2.45, 2.75) is 33.8 Å². The second-order valence-corrected chi connectivity index (χ2v) is 8.05. The van der Waals surface area contributed by atoms with Gasteiger partial charge in [-0.2, -0.15) is 0 Å². The van der Waals surface area contributed by atoms with Crippen LogP contribution in [0.5, 0.6) is 0 Å². The van der Waals surface area contributed by atoms with E-state index in [4.69, 9.17) is 4.74 Å². The van der Waals surface area contributed by atoms with Crippen molar-refractivity contribution in [1.82, 2.24) is 9.97 Å². The average Bonchev–Trinajstić information content (AvgIpc) is 3.05. The lowest BCUT2D eigenvalue weighted by Crippen LogP contribution is -2.18. The lowest BCUT2D eigenvalue weighted by atomic mass is 10.1. The third kappa shape index (κ3) is 5.13. The Balaban J connectivity index is 1.97. The number of amides is 2. The predicted molar refractivity (Wildman–Crippen MR) is 119 cm³/mol. The third-order valence-electron chi connectivity index (χ3n) is 4.32. The van der Waals surface area contributed by atoms with Crippen molar-refractivity contribution in [1.29, 1.82) is 0 Å². The number of esters is 1. The van der Waals surface area contributed by atoms with Crippen molar-refractivity contribution < 1.29 is 19.1 Å². The van der Waals surface area contributed by atoms with E-state index in [1.165, 1.54) is 18.6 Å². The number of aromatic nitrogens is 2. The topological polar surface area (TPSA) is 110 Å². The Hall–Kier alpha value is -3.59. The molecule has 0 bridgehead atoms. The highest BCUT2D eigenvalue weighted by Gasteiger charge is 2.28. The van der Waals surface area contributed by atoms with Gasteiger partial charge in [0, 0.05) is 18.1 Å². The minimum atomic E-state index is -0.617. The van der Waals surface area contributed by atoms with Gasteiger partial charge < -0.3 is 15.4 Å². The minimum Gasteiger partial charge on any atom is -0.459 e. The van der Waals surface area contributed by atoms with E-state index in [1.807, 2.05) is 25.1 Å². The Kier molecular flexibility index (Phi) is 6.76. The van der Waals surface area contributed by atoms with Crippen LogP contribution in [0, 0.1) is 13.8 Å². The molecule has 31 heavy (non-hydrogen) atoms. The zero-order chi connectivity index (χ0) is 22.5. The van der Waals surface area contributed by atoms with Crippen molar-refractivity contribution in [2.75, 3.05) is 10.6 Å². The highest BCUT2D eigenvalue weighted by Crippen LogP contribution is 2.35. The first-order valence-electron chi connectivity index (χ1n) is 9.56. The van der Waals surface area contributed by atoms with Gasteiger partial charge >= 0.3 is 5.97 Å². The van der Waals surface area contributed by atoms with E-state index in [2.05, 4.69) is 20.6 Å². The van der Waals surface area contributed by atoms with Gasteiger partial charge in [-0.15, -0.1) is 11.3 Å². The smallest absolute Gasteiger partial charge is 0.341 e. The number of nitrogens with one attached hydrogen (secondary N) is 2. The highest BCUT2D eigenvalue weighted by molar-refractivity contribution is 7.19. The van der Waals surface area contributed by atoms with Gasteiger partial charge in [-0.25, -0.2) is 9.78 Å². The van der Waals surface area contributed by atoms with Crippen LogP contribution in [0.1, 0.15) is 55.5 Å². The van der Waals surface area contributed by atoms with E-state index in [0.717, 1.165) is 16.9 Å². The summed E-state index contributed by atoms with van der Waals surface area (Å²) in [7, 11) is 0. The normalized spacial score (nSPS) is 10.6. The summed E-state index contributed by atoms with van der Waals surface area (Å²) < 4.78 is 5.33. The lowest BCUT2D eigenvalue weighted by Gasteiger charge is -2.10. The molecule has 0 aliphatic carbocycles. The SMILES string of the molecule is Cc1ccccc1NC(=O)c1sc(NC(=O)c2cnccn2)c(C(=O)OC(C)C)c1C. The molecule has 0 spiro atoms. The van der Waals surface area contributed by atoms with Gasteiger partial charge in [-0.1, -0.05) is 18.2 Å². The molecule has 160 valence electrons. The maximum Gasteiger partial charge on any atom is 0.341 e. The lowest BCUT2D eigenvalue weighted by molar-refractivity contribution is 0.0379. The zero-order valence-corrected chi connectivity index (χ0v) is 18.4. The predicted octanol–water partition coefficient (Wildman–Crippen LogP) is 4.22.